The van der Waals surface area contributed by atoms with Crippen LogP contribution < -0.4 is 0 Å². The first-order chi connectivity index (χ1) is 8.26. The molecule has 0 bridgehead atoms. The van der Waals surface area contributed by atoms with Crippen LogP contribution in [0.15, 0.2) is 36.4 Å². The molecule has 3 nitrogen and oxygen atoms in total. The molecule has 1 aromatic carbocycles. The van der Waals surface area contributed by atoms with Crippen molar-refractivity contribution >= 4 is 18.1 Å². The molecule has 0 fully saturated rings. The van der Waals surface area contributed by atoms with E-state index in [0.717, 1.165) is 11.1 Å². The monoisotopic (exact) mass is 227 g/mol. The number of hydrogen-bond donors (Lipinski definition) is 0. The minimum atomic E-state index is -0.372. The molecule has 1 rings (SSSR count). The highest BCUT2D eigenvalue weighted by Gasteiger charge is 1.92. The second-order valence-corrected chi connectivity index (χ2v) is 3.29. The van der Waals surface area contributed by atoms with Crippen LogP contribution in [0.5, 0.6) is 0 Å². The SMILES string of the molecule is COC(=O)/C=C/c1ccc(C=CCC#N)cc1. The summed E-state index contributed by atoms with van der Waals surface area (Å²) in [7, 11) is 1.34. The van der Waals surface area contributed by atoms with Crippen LogP contribution in [0.2, 0.25) is 0 Å². The predicted molar refractivity (Wildman–Crippen MR) is 66.8 cm³/mol. The van der Waals surface area contributed by atoms with E-state index in [2.05, 4.69) is 4.74 Å². The Balaban J connectivity index is 2.65. The molecule has 0 amide bonds. The summed E-state index contributed by atoms with van der Waals surface area (Å²) in [5.74, 6) is -0.372. The number of methoxy groups -OCH3 is 1. The molecule has 0 saturated heterocycles. The summed E-state index contributed by atoms with van der Waals surface area (Å²) in [6.45, 7) is 0. The van der Waals surface area contributed by atoms with E-state index >= 15 is 0 Å². The number of ether oxygens (including phenoxy) is 1. The van der Waals surface area contributed by atoms with Crippen LogP contribution in [0, 0.1) is 11.3 Å². The molecule has 0 radical (unpaired) electrons. The molecular formula is C14H13NO2. The molecule has 0 aliphatic heterocycles. The zero-order valence-electron chi connectivity index (χ0n) is 9.59. The molecule has 0 aliphatic carbocycles. The minimum Gasteiger partial charge on any atom is -0.466 e. The standard InChI is InChI=1S/C14H13NO2/c1-17-14(16)10-9-13-7-5-12(6-8-13)4-2-3-11-15/h2,4-10H,3H2,1H3/b4-2?,10-9+. The lowest BCUT2D eigenvalue weighted by Gasteiger charge is -1.95. The molecule has 17 heavy (non-hydrogen) atoms. The number of allylic oxidation sites excluding steroid dienone is 1. The van der Waals surface area contributed by atoms with Crippen molar-refractivity contribution in [1.29, 1.82) is 5.26 Å². The Labute approximate surface area is 101 Å². The number of esters is 1. The lowest BCUT2D eigenvalue weighted by atomic mass is 10.1. The van der Waals surface area contributed by atoms with Gasteiger partial charge in [-0.1, -0.05) is 36.4 Å². The highest BCUT2D eigenvalue weighted by Crippen LogP contribution is 2.08. The zero-order valence-corrected chi connectivity index (χ0v) is 9.59. The number of carbonyl (C=O) groups excluding carboxylic acids is 1. The van der Waals surface area contributed by atoms with E-state index in [1.807, 2.05) is 36.4 Å². The third kappa shape index (κ3) is 4.80. The van der Waals surface area contributed by atoms with Gasteiger partial charge in [-0.3, -0.25) is 0 Å². The van der Waals surface area contributed by atoms with Crippen LogP contribution in [0.1, 0.15) is 17.5 Å². The van der Waals surface area contributed by atoms with Gasteiger partial charge in [-0.05, 0) is 17.2 Å². The number of benzene rings is 1. The molecule has 0 unspecified atom stereocenters. The Kier molecular flexibility index (Phi) is 5.26. The first kappa shape index (κ1) is 12.7. The number of nitrogens with zero attached hydrogens (tertiary/aromatic N) is 1. The van der Waals surface area contributed by atoms with Crippen molar-refractivity contribution in [3.05, 3.63) is 47.5 Å². The van der Waals surface area contributed by atoms with E-state index < -0.39 is 0 Å². The largest absolute Gasteiger partial charge is 0.466 e. The molecule has 0 spiro atoms. The van der Waals surface area contributed by atoms with Crippen molar-refractivity contribution in [3.8, 4) is 6.07 Å². The summed E-state index contributed by atoms with van der Waals surface area (Å²) in [4.78, 5) is 10.9. The average Bonchev–Trinajstić information content (AvgIpc) is 2.37. The van der Waals surface area contributed by atoms with Gasteiger partial charge in [0.1, 0.15) is 0 Å². The van der Waals surface area contributed by atoms with Crippen LogP contribution in [0.25, 0.3) is 12.2 Å². The van der Waals surface area contributed by atoms with Crippen molar-refractivity contribution < 1.29 is 9.53 Å². The van der Waals surface area contributed by atoms with Gasteiger partial charge in [-0.25, -0.2) is 4.79 Å². The molecule has 1 aromatic rings. The Morgan fingerprint density at radius 1 is 1.29 bits per heavy atom. The highest BCUT2D eigenvalue weighted by molar-refractivity contribution is 5.86. The molecule has 86 valence electrons. The van der Waals surface area contributed by atoms with Crippen LogP contribution in [0.3, 0.4) is 0 Å². The van der Waals surface area contributed by atoms with Crippen molar-refractivity contribution in [3.63, 3.8) is 0 Å². The van der Waals surface area contributed by atoms with Gasteiger partial charge in [0, 0.05) is 6.08 Å². The van der Waals surface area contributed by atoms with E-state index in [-0.39, 0.29) is 5.97 Å². The fraction of sp³-hybridized carbons (Fsp3) is 0.143. The van der Waals surface area contributed by atoms with E-state index in [1.54, 1.807) is 12.2 Å². The third-order valence-electron chi connectivity index (χ3n) is 2.07. The fourth-order valence-corrected chi connectivity index (χ4v) is 1.20. The molecule has 0 N–H and O–H groups in total. The summed E-state index contributed by atoms with van der Waals surface area (Å²) in [5, 5.41) is 8.38. The number of hydrogen-bond acceptors (Lipinski definition) is 3. The maximum absolute atomic E-state index is 10.9. The van der Waals surface area contributed by atoms with Crippen LogP contribution in [0.4, 0.5) is 0 Å². The Hall–Kier alpha value is -2.34. The van der Waals surface area contributed by atoms with Gasteiger partial charge < -0.3 is 4.74 Å². The topological polar surface area (TPSA) is 50.1 Å². The molecule has 3 heteroatoms. The van der Waals surface area contributed by atoms with Crippen molar-refractivity contribution in [1.82, 2.24) is 0 Å². The summed E-state index contributed by atoms with van der Waals surface area (Å²) < 4.78 is 4.49. The minimum absolute atomic E-state index is 0.372. The van der Waals surface area contributed by atoms with Gasteiger partial charge in [-0.15, -0.1) is 0 Å². The van der Waals surface area contributed by atoms with Crippen LogP contribution >= 0.6 is 0 Å². The lowest BCUT2D eigenvalue weighted by molar-refractivity contribution is -0.134. The summed E-state index contributed by atoms with van der Waals surface area (Å²) in [6.07, 6.45) is 7.16. The van der Waals surface area contributed by atoms with Gasteiger partial charge in [-0.2, -0.15) is 5.26 Å². The van der Waals surface area contributed by atoms with Crippen molar-refractivity contribution in [2.24, 2.45) is 0 Å². The maximum atomic E-state index is 10.9. The predicted octanol–water partition coefficient (Wildman–Crippen LogP) is 2.80. The van der Waals surface area contributed by atoms with Crippen LogP contribution in [-0.4, -0.2) is 13.1 Å². The lowest BCUT2D eigenvalue weighted by Crippen LogP contribution is -1.93. The average molecular weight is 227 g/mol. The summed E-state index contributed by atoms with van der Waals surface area (Å²) in [6, 6.07) is 9.67. The second kappa shape index (κ2) is 7.02. The van der Waals surface area contributed by atoms with Gasteiger partial charge in [0.25, 0.3) is 0 Å². The number of carbonyl (C=O) groups is 1. The normalized spacial score (nSPS) is 10.6. The zero-order chi connectivity index (χ0) is 12.5. The van der Waals surface area contributed by atoms with E-state index in [9.17, 15) is 4.79 Å². The third-order valence-corrected chi connectivity index (χ3v) is 2.07. The van der Waals surface area contributed by atoms with E-state index in [4.69, 9.17) is 5.26 Å². The Morgan fingerprint density at radius 2 is 1.88 bits per heavy atom. The number of rotatable bonds is 4. The van der Waals surface area contributed by atoms with Gasteiger partial charge in [0.15, 0.2) is 0 Å². The smallest absolute Gasteiger partial charge is 0.330 e. The number of nitriles is 1. The van der Waals surface area contributed by atoms with E-state index in [0.29, 0.717) is 6.42 Å². The van der Waals surface area contributed by atoms with Gasteiger partial charge in [0.05, 0.1) is 19.6 Å². The maximum Gasteiger partial charge on any atom is 0.330 e. The quantitative estimate of drug-likeness (QED) is 0.587. The molecule has 0 aliphatic rings. The molecule has 0 atom stereocenters. The van der Waals surface area contributed by atoms with Crippen molar-refractivity contribution in [2.75, 3.05) is 7.11 Å². The second-order valence-electron chi connectivity index (χ2n) is 3.29. The Morgan fingerprint density at radius 3 is 2.41 bits per heavy atom. The van der Waals surface area contributed by atoms with Gasteiger partial charge >= 0.3 is 5.97 Å². The van der Waals surface area contributed by atoms with Crippen LogP contribution in [-0.2, 0) is 9.53 Å². The van der Waals surface area contributed by atoms with Crippen molar-refractivity contribution in [2.45, 2.75) is 6.42 Å². The molecular weight excluding hydrogens is 214 g/mol. The summed E-state index contributed by atoms with van der Waals surface area (Å²) >= 11 is 0. The summed E-state index contributed by atoms with van der Waals surface area (Å²) in [5.41, 5.74) is 1.95. The molecule has 0 heterocycles. The highest BCUT2D eigenvalue weighted by atomic mass is 16.5. The molecule has 0 aromatic heterocycles. The Bertz CT molecular complexity index is 464. The fourth-order valence-electron chi connectivity index (χ4n) is 1.20. The first-order valence-electron chi connectivity index (χ1n) is 5.16. The van der Waals surface area contributed by atoms with E-state index in [1.165, 1.54) is 13.2 Å². The van der Waals surface area contributed by atoms with Gasteiger partial charge in [0.2, 0.25) is 0 Å². The molecule has 0 saturated carbocycles. The first-order valence-corrected chi connectivity index (χ1v) is 5.16.